The molecule has 2 aliphatic rings. The van der Waals surface area contributed by atoms with E-state index in [1.165, 1.54) is 0 Å². The second-order valence-electron chi connectivity index (χ2n) is 6.24. The smallest absolute Gasteiger partial charge is 0.220 e. The number of rotatable bonds is 7. The lowest BCUT2D eigenvalue weighted by molar-refractivity contribution is 0.356. The van der Waals surface area contributed by atoms with Gasteiger partial charge in [0.25, 0.3) is 0 Å². The molecule has 0 radical (unpaired) electrons. The zero-order chi connectivity index (χ0) is 14.9. The molecule has 1 aromatic rings. The molecule has 7 heteroatoms. The van der Waals surface area contributed by atoms with Crippen LogP contribution in [0.2, 0.25) is 0 Å². The van der Waals surface area contributed by atoms with Crippen LogP contribution >= 0.6 is 0 Å². The monoisotopic (exact) mass is 313 g/mol. The largest absolute Gasteiger partial charge is 0.361 e. The maximum atomic E-state index is 12.7. The first-order valence-electron chi connectivity index (χ1n) is 7.66. The molecule has 1 atom stereocenters. The minimum absolute atomic E-state index is 0.0657. The van der Waals surface area contributed by atoms with Crippen LogP contribution in [0.5, 0.6) is 0 Å². The number of aryl methyl sites for hydroxylation is 1. The fraction of sp³-hybridized carbons (Fsp3) is 0.786. The van der Waals surface area contributed by atoms with Crippen molar-refractivity contribution in [2.45, 2.75) is 44.4 Å². The van der Waals surface area contributed by atoms with Gasteiger partial charge in [-0.05, 0) is 45.1 Å². The van der Waals surface area contributed by atoms with Crippen molar-refractivity contribution in [3.8, 4) is 0 Å². The Bertz CT molecular complexity index is 574. The average molecular weight is 313 g/mol. The summed E-state index contributed by atoms with van der Waals surface area (Å²) in [6.07, 6.45) is 4.48. The molecule has 1 unspecified atom stereocenters. The van der Waals surface area contributed by atoms with Gasteiger partial charge in [-0.15, -0.1) is 0 Å². The van der Waals surface area contributed by atoms with E-state index in [0.29, 0.717) is 30.5 Å². The molecule has 0 amide bonds. The van der Waals surface area contributed by atoms with Crippen molar-refractivity contribution in [1.82, 2.24) is 14.8 Å². The molecular weight excluding hydrogens is 290 g/mol. The molecular formula is C14H23N3O3S. The lowest BCUT2D eigenvalue weighted by Gasteiger charge is -2.24. The number of aromatic nitrogens is 1. The second kappa shape index (κ2) is 6.06. The number of hydrogen-bond acceptors (Lipinski definition) is 5. The van der Waals surface area contributed by atoms with Gasteiger partial charge in [-0.2, -0.15) is 4.31 Å². The summed E-state index contributed by atoms with van der Waals surface area (Å²) >= 11 is 0. The van der Waals surface area contributed by atoms with E-state index in [0.717, 1.165) is 32.2 Å². The zero-order valence-corrected chi connectivity index (χ0v) is 13.2. The molecule has 3 rings (SSSR count). The first kappa shape index (κ1) is 15.0. The van der Waals surface area contributed by atoms with Gasteiger partial charge in [0.1, 0.15) is 17.2 Å². The molecule has 0 spiro atoms. The number of nitrogens with one attached hydrogen (secondary N) is 1. The molecule has 2 heterocycles. The lowest BCUT2D eigenvalue weighted by atomic mass is 10.2. The number of sulfonamides is 1. The fourth-order valence-corrected chi connectivity index (χ4v) is 4.35. The van der Waals surface area contributed by atoms with E-state index in [4.69, 9.17) is 4.52 Å². The van der Waals surface area contributed by atoms with Crippen molar-refractivity contribution < 1.29 is 12.9 Å². The summed E-state index contributed by atoms with van der Waals surface area (Å²) in [6, 6.07) is 1.98. The molecule has 6 nitrogen and oxygen atoms in total. The van der Waals surface area contributed by atoms with Crippen molar-refractivity contribution in [2.75, 3.05) is 19.6 Å². The highest BCUT2D eigenvalue weighted by atomic mass is 32.2. The van der Waals surface area contributed by atoms with Gasteiger partial charge < -0.3 is 9.84 Å². The Hall–Kier alpha value is -0.920. The molecule has 1 aliphatic heterocycles. The first-order chi connectivity index (χ1) is 10.0. The summed E-state index contributed by atoms with van der Waals surface area (Å²) in [7, 11) is -3.33. The van der Waals surface area contributed by atoms with Gasteiger partial charge in [0.2, 0.25) is 10.0 Å². The summed E-state index contributed by atoms with van der Waals surface area (Å²) < 4.78 is 32.0. The molecule has 118 valence electrons. The summed E-state index contributed by atoms with van der Waals surface area (Å²) in [6.45, 7) is 3.99. The standard InChI is InChI=1S/C14H23N3O3S/c1-11-7-14(16-20-11)10-21(18,19)17(8-12-4-5-12)9-13-3-2-6-15-13/h7,12-13,15H,2-6,8-10H2,1H3. The highest BCUT2D eigenvalue weighted by molar-refractivity contribution is 7.88. The Morgan fingerprint density at radius 1 is 1.38 bits per heavy atom. The third-order valence-electron chi connectivity index (χ3n) is 4.15. The SMILES string of the molecule is Cc1cc(CS(=O)(=O)N(CC2CC2)CC2CCCN2)no1. The van der Waals surface area contributed by atoms with E-state index in [-0.39, 0.29) is 11.8 Å². The van der Waals surface area contributed by atoms with Crippen LogP contribution < -0.4 is 5.32 Å². The first-order valence-corrected chi connectivity index (χ1v) is 9.27. The van der Waals surface area contributed by atoms with Gasteiger partial charge in [0, 0.05) is 25.2 Å². The molecule has 21 heavy (non-hydrogen) atoms. The van der Waals surface area contributed by atoms with Gasteiger partial charge in [-0.25, -0.2) is 8.42 Å². The van der Waals surface area contributed by atoms with Crippen LogP contribution in [0, 0.1) is 12.8 Å². The molecule has 1 aromatic heterocycles. The summed E-state index contributed by atoms with van der Waals surface area (Å²) in [5.41, 5.74) is 0.493. The van der Waals surface area contributed by atoms with Gasteiger partial charge >= 0.3 is 0 Å². The second-order valence-corrected chi connectivity index (χ2v) is 8.21. The zero-order valence-electron chi connectivity index (χ0n) is 12.4. The summed E-state index contributed by atoms with van der Waals surface area (Å²) in [5, 5.41) is 7.19. The van der Waals surface area contributed by atoms with E-state index >= 15 is 0 Å². The van der Waals surface area contributed by atoms with Crippen molar-refractivity contribution in [3.63, 3.8) is 0 Å². The van der Waals surface area contributed by atoms with Crippen molar-refractivity contribution in [1.29, 1.82) is 0 Å². The lowest BCUT2D eigenvalue weighted by Crippen LogP contribution is -2.42. The fourth-order valence-electron chi connectivity index (χ4n) is 2.81. The molecule has 1 saturated heterocycles. The number of nitrogens with zero attached hydrogens (tertiary/aromatic N) is 2. The van der Waals surface area contributed by atoms with Crippen LogP contribution in [0.25, 0.3) is 0 Å². The van der Waals surface area contributed by atoms with Crippen LogP contribution in [0.1, 0.15) is 37.1 Å². The van der Waals surface area contributed by atoms with Crippen molar-refractivity contribution >= 4 is 10.0 Å². The van der Waals surface area contributed by atoms with E-state index in [9.17, 15) is 8.42 Å². The minimum Gasteiger partial charge on any atom is -0.361 e. The maximum Gasteiger partial charge on any atom is 0.220 e. The minimum atomic E-state index is -3.33. The molecule has 0 aromatic carbocycles. The van der Waals surface area contributed by atoms with Gasteiger partial charge in [-0.1, -0.05) is 5.16 Å². The van der Waals surface area contributed by atoms with Gasteiger partial charge in [0.05, 0.1) is 0 Å². The quantitative estimate of drug-likeness (QED) is 0.820. The van der Waals surface area contributed by atoms with Crippen molar-refractivity contribution in [3.05, 3.63) is 17.5 Å². The third-order valence-corrected chi connectivity index (χ3v) is 5.89. The summed E-state index contributed by atoms with van der Waals surface area (Å²) in [5.74, 6) is 1.12. The van der Waals surface area contributed by atoms with E-state index in [1.54, 1.807) is 17.3 Å². The molecule has 1 saturated carbocycles. The molecule has 2 fully saturated rings. The highest BCUT2D eigenvalue weighted by Gasteiger charge is 2.33. The summed E-state index contributed by atoms with van der Waals surface area (Å²) in [4.78, 5) is 0. The van der Waals surface area contributed by atoms with Crippen molar-refractivity contribution in [2.24, 2.45) is 5.92 Å². The van der Waals surface area contributed by atoms with Crippen LogP contribution in [0.4, 0.5) is 0 Å². The van der Waals surface area contributed by atoms with Crippen LogP contribution in [0.3, 0.4) is 0 Å². The van der Waals surface area contributed by atoms with Crippen LogP contribution in [-0.2, 0) is 15.8 Å². The molecule has 0 bridgehead atoms. The van der Waals surface area contributed by atoms with Crippen LogP contribution in [0.15, 0.2) is 10.6 Å². The molecule has 1 N–H and O–H groups in total. The molecule has 1 aliphatic carbocycles. The van der Waals surface area contributed by atoms with Crippen LogP contribution in [-0.4, -0.2) is 43.6 Å². The highest BCUT2D eigenvalue weighted by Crippen LogP contribution is 2.31. The normalized spacial score (nSPS) is 23.0. The topological polar surface area (TPSA) is 75.4 Å². The third kappa shape index (κ3) is 4.05. The van der Waals surface area contributed by atoms with Gasteiger partial charge in [0.15, 0.2) is 0 Å². The van der Waals surface area contributed by atoms with Gasteiger partial charge in [-0.3, -0.25) is 0 Å². The Kier molecular flexibility index (Phi) is 4.33. The average Bonchev–Trinajstić information content (AvgIpc) is 2.91. The predicted octanol–water partition coefficient (Wildman–Crippen LogP) is 1.28. The Morgan fingerprint density at radius 3 is 2.76 bits per heavy atom. The Balaban J connectivity index is 1.69. The Labute approximate surface area is 125 Å². The Morgan fingerprint density at radius 2 is 2.19 bits per heavy atom. The predicted molar refractivity (Wildman–Crippen MR) is 79.2 cm³/mol. The van der Waals surface area contributed by atoms with E-state index < -0.39 is 10.0 Å². The van der Waals surface area contributed by atoms with E-state index in [1.807, 2.05) is 0 Å². The number of hydrogen-bond donors (Lipinski definition) is 1. The maximum absolute atomic E-state index is 12.7. The van der Waals surface area contributed by atoms with E-state index in [2.05, 4.69) is 10.5 Å².